The van der Waals surface area contributed by atoms with Gasteiger partial charge in [-0.05, 0) is 36.8 Å². The summed E-state index contributed by atoms with van der Waals surface area (Å²) < 4.78 is 0. The van der Waals surface area contributed by atoms with Gasteiger partial charge >= 0.3 is 6.03 Å². The summed E-state index contributed by atoms with van der Waals surface area (Å²) in [5.41, 5.74) is 9.01. The molecule has 0 unspecified atom stereocenters. The predicted octanol–water partition coefficient (Wildman–Crippen LogP) is 4.14. The fourth-order valence-corrected chi connectivity index (χ4v) is 2.87. The number of para-hydroxylation sites is 1. The van der Waals surface area contributed by atoms with Crippen molar-refractivity contribution in [3.8, 4) is 0 Å². The van der Waals surface area contributed by atoms with Crippen molar-refractivity contribution < 1.29 is 4.79 Å². The van der Waals surface area contributed by atoms with E-state index in [1.807, 2.05) is 4.90 Å². The summed E-state index contributed by atoms with van der Waals surface area (Å²) in [7, 11) is 0. The zero-order valence-corrected chi connectivity index (χ0v) is 15.6. The van der Waals surface area contributed by atoms with Crippen molar-refractivity contribution in [2.24, 2.45) is 5.73 Å². The average Bonchev–Trinajstić information content (AvgIpc) is 2.58. The lowest BCUT2D eigenvalue weighted by Gasteiger charge is -2.32. The van der Waals surface area contributed by atoms with Gasteiger partial charge in [-0.15, -0.1) is 0 Å². The van der Waals surface area contributed by atoms with Gasteiger partial charge in [0.1, 0.15) is 0 Å². The molecule has 0 spiro atoms. The molecule has 0 aliphatic carbocycles. The molecular weight excluding hydrogens is 300 g/mol. The summed E-state index contributed by atoms with van der Waals surface area (Å²) in [5.74, 6) is -0.179. The van der Waals surface area contributed by atoms with E-state index in [1.165, 1.54) is 4.90 Å². The van der Waals surface area contributed by atoms with Crippen molar-refractivity contribution in [3.63, 3.8) is 0 Å². The third kappa shape index (κ3) is 4.73. The second kappa shape index (κ2) is 9.96. The monoisotopic (exact) mass is 332 g/mol. The highest BCUT2D eigenvalue weighted by Gasteiger charge is 2.26. The Morgan fingerprint density at radius 3 is 2.04 bits per heavy atom. The molecule has 0 atom stereocenters. The number of rotatable bonds is 8. The maximum Gasteiger partial charge on any atom is 0.331 e. The van der Waals surface area contributed by atoms with Crippen LogP contribution in [-0.2, 0) is 12.8 Å². The van der Waals surface area contributed by atoms with Crippen molar-refractivity contribution in [2.45, 2.75) is 59.8 Å². The fraction of sp³-hybridized carbons (Fsp3) is 0.579. The van der Waals surface area contributed by atoms with Crippen molar-refractivity contribution in [1.29, 1.82) is 5.41 Å². The number of amides is 2. The molecule has 1 rings (SSSR count). The SMILES string of the molecule is CCCCN(C(=N)N)C(=O)N(CCC)c1c(CC)cccc1CC. The van der Waals surface area contributed by atoms with Gasteiger partial charge in [-0.2, -0.15) is 0 Å². The predicted molar refractivity (Wildman–Crippen MR) is 102 cm³/mol. The Hall–Kier alpha value is -2.04. The van der Waals surface area contributed by atoms with Crippen LogP contribution < -0.4 is 10.6 Å². The van der Waals surface area contributed by atoms with Crippen LogP contribution in [0.2, 0.25) is 0 Å². The molecule has 0 heterocycles. The molecule has 0 aliphatic heterocycles. The number of hydrogen-bond acceptors (Lipinski definition) is 2. The van der Waals surface area contributed by atoms with E-state index in [0.29, 0.717) is 13.1 Å². The van der Waals surface area contributed by atoms with Gasteiger partial charge in [0.15, 0.2) is 5.96 Å². The van der Waals surface area contributed by atoms with Crippen LogP contribution >= 0.6 is 0 Å². The van der Waals surface area contributed by atoms with Crippen LogP contribution in [0.25, 0.3) is 0 Å². The summed E-state index contributed by atoms with van der Waals surface area (Å²) in [6, 6.07) is 6.02. The van der Waals surface area contributed by atoms with E-state index in [9.17, 15) is 4.79 Å². The molecule has 0 saturated carbocycles. The molecule has 1 aromatic carbocycles. The minimum Gasteiger partial charge on any atom is -0.370 e. The van der Waals surface area contributed by atoms with Gasteiger partial charge in [0.2, 0.25) is 0 Å². The highest BCUT2D eigenvalue weighted by molar-refractivity contribution is 6.03. The maximum atomic E-state index is 13.1. The lowest BCUT2D eigenvalue weighted by Crippen LogP contribution is -2.50. The van der Waals surface area contributed by atoms with Crippen LogP contribution in [0.1, 0.15) is 58.1 Å². The van der Waals surface area contributed by atoms with E-state index in [0.717, 1.165) is 48.9 Å². The van der Waals surface area contributed by atoms with E-state index in [-0.39, 0.29) is 12.0 Å². The molecule has 24 heavy (non-hydrogen) atoms. The fourth-order valence-electron chi connectivity index (χ4n) is 2.87. The Labute approximate surface area is 146 Å². The molecule has 0 aliphatic rings. The first-order chi connectivity index (χ1) is 11.5. The first kappa shape index (κ1) is 20.0. The second-order valence-electron chi connectivity index (χ2n) is 5.96. The van der Waals surface area contributed by atoms with Crippen LogP contribution in [0, 0.1) is 5.41 Å². The van der Waals surface area contributed by atoms with Gasteiger partial charge in [0.25, 0.3) is 0 Å². The molecule has 0 aromatic heterocycles. The van der Waals surface area contributed by atoms with Crippen molar-refractivity contribution >= 4 is 17.7 Å². The standard InChI is InChI=1S/C19H32N4O/c1-5-9-14-23(18(20)21)19(24)22(13-6-2)17-15(7-3)11-10-12-16(17)8-4/h10-12H,5-9,13-14H2,1-4H3,(H3,20,21). The first-order valence-corrected chi connectivity index (χ1v) is 9.05. The van der Waals surface area contributed by atoms with E-state index in [2.05, 4.69) is 45.9 Å². The molecule has 3 N–H and O–H groups in total. The summed E-state index contributed by atoms with van der Waals surface area (Å²) in [6.45, 7) is 9.44. The number of hydrogen-bond donors (Lipinski definition) is 2. The highest BCUT2D eigenvalue weighted by atomic mass is 16.2. The van der Waals surface area contributed by atoms with E-state index < -0.39 is 0 Å². The second-order valence-corrected chi connectivity index (χ2v) is 5.96. The number of nitrogens with zero attached hydrogens (tertiary/aromatic N) is 2. The Balaban J connectivity index is 3.31. The number of benzene rings is 1. The normalized spacial score (nSPS) is 10.5. The van der Waals surface area contributed by atoms with Gasteiger partial charge < -0.3 is 5.73 Å². The summed E-state index contributed by atoms with van der Waals surface area (Å²) in [4.78, 5) is 16.4. The van der Waals surface area contributed by atoms with Gasteiger partial charge in [0, 0.05) is 13.1 Å². The number of carbonyl (C=O) groups is 1. The van der Waals surface area contributed by atoms with E-state index in [4.69, 9.17) is 11.1 Å². The number of unbranched alkanes of at least 4 members (excludes halogenated alkanes) is 1. The van der Waals surface area contributed by atoms with Crippen molar-refractivity contribution in [1.82, 2.24) is 4.90 Å². The van der Waals surface area contributed by atoms with Crippen LogP contribution in [0.4, 0.5) is 10.5 Å². The van der Waals surface area contributed by atoms with Crippen LogP contribution in [-0.4, -0.2) is 30.0 Å². The summed E-state index contributed by atoms with van der Waals surface area (Å²) in [5, 5.41) is 7.80. The lowest BCUT2D eigenvalue weighted by atomic mass is 10.0. The molecule has 5 nitrogen and oxygen atoms in total. The molecule has 0 bridgehead atoms. The number of nitrogens with one attached hydrogen (secondary N) is 1. The number of nitrogens with two attached hydrogens (primary N) is 1. The largest absolute Gasteiger partial charge is 0.370 e. The number of guanidine groups is 1. The van der Waals surface area contributed by atoms with Gasteiger partial charge in [-0.25, -0.2) is 4.79 Å². The first-order valence-electron chi connectivity index (χ1n) is 9.05. The Bertz CT molecular complexity index is 534. The van der Waals surface area contributed by atoms with Crippen molar-refractivity contribution in [3.05, 3.63) is 29.3 Å². The third-order valence-corrected chi connectivity index (χ3v) is 4.17. The smallest absolute Gasteiger partial charge is 0.331 e. The zero-order valence-electron chi connectivity index (χ0n) is 15.6. The molecule has 1 aromatic rings. The molecule has 0 saturated heterocycles. The lowest BCUT2D eigenvalue weighted by molar-refractivity contribution is 0.225. The third-order valence-electron chi connectivity index (χ3n) is 4.17. The average molecular weight is 332 g/mol. The van der Waals surface area contributed by atoms with Gasteiger partial charge in [-0.3, -0.25) is 15.2 Å². The Kier molecular flexibility index (Phi) is 8.30. The van der Waals surface area contributed by atoms with E-state index >= 15 is 0 Å². The van der Waals surface area contributed by atoms with Crippen molar-refractivity contribution in [2.75, 3.05) is 18.0 Å². The number of anilines is 1. The van der Waals surface area contributed by atoms with Gasteiger partial charge in [0.05, 0.1) is 5.69 Å². The maximum absolute atomic E-state index is 13.1. The number of urea groups is 1. The molecule has 0 fully saturated rings. The quantitative estimate of drug-likeness (QED) is 0.554. The Morgan fingerprint density at radius 1 is 1.04 bits per heavy atom. The van der Waals surface area contributed by atoms with Crippen LogP contribution in [0.3, 0.4) is 0 Å². The topological polar surface area (TPSA) is 73.4 Å². The molecular formula is C19H32N4O. The highest BCUT2D eigenvalue weighted by Crippen LogP contribution is 2.28. The summed E-state index contributed by atoms with van der Waals surface area (Å²) >= 11 is 0. The molecule has 5 heteroatoms. The van der Waals surface area contributed by atoms with Crippen LogP contribution in [0.15, 0.2) is 18.2 Å². The molecule has 134 valence electrons. The number of carbonyl (C=O) groups excluding carboxylic acids is 1. The van der Waals surface area contributed by atoms with Gasteiger partial charge in [-0.1, -0.05) is 52.3 Å². The van der Waals surface area contributed by atoms with Crippen LogP contribution in [0.5, 0.6) is 0 Å². The number of aryl methyl sites for hydroxylation is 2. The molecule has 2 amide bonds. The summed E-state index contributed by atoms with van der Waals surface area (Å²) in [6.07, 6.45) is 4.38. The zero-order chi connectivity index (χ0) is 18.1. The van der Waals surface area contributed by atoms with E-state index in [1.54, 1.807) is 0 Å². The Morgan fingerprint density at radius 2 is 1.62 bits per heavy atom. The minimum atomic E-state index is -0.187. The minimum absolute atomic E-state index is 0.179. The molecule has 0 radical (unpaired) electrons.